The van der Waals surface area contributed by atoms with Gasteiger partial charge in [-0.1, -0.05) is 50.1 Å². The molecule has 398 valence electrons. The Hall–Kier alpha value is -6.97. The molecule has 76 heavy (non-hydrogen) atoms. The first-order valence-corrected chi connectivity index (χ1v) is 28.0. The monoisotopic (exact) mass is 1050 g/mol. The Morgan fingerprint density at radius 3 is 2.49 bits per heavy atom. The van der Waals surface area contributed by atoms with E-state index in [0.29, 0.717) is 42.7 Å². The molecule has 17 heteroatoms. The van der Waals surface area contributed by atoms with Gasteiger partial charge in [-0.3, -0.25) is 24.7 Å². The van der Waals surface area contributed by atoms with Crippen LogP contribution in [0.15, 0.2) is 108 Å². The molecule has 6 aromatic rings. The predicted molar refractivity (Wildman–Crippen MR) is 295 cm³/mol. The first kappa shape index (κ1) is 52.5. The van der Waals surface area contributed by atoms with Crippen molar-refractivity contribution in [2.75, 3.05) is 56.6 Å². The van der Waals surface area contributed by atoms with E-state index in [1.807, 2.05) is 25.1 Å². The number of H-pyrrole nitrogens is 1. The first-order chi connectivity index (χ1) is 36.5. The lowest BCUT2D eigenvalue weighted by atomic mass is 9.59. The topological polar surface area (TPSA) is 196 Å². The molecule has 0 bridgehead atoms. The van der Waals surface area contributed by atoms with Crippen LogP contribution in [-0.2, 0) is 16.6 Å². The summed E-state index contributed by atoms with van der Waals surface area (Å²) in [5.74, 6) is 3.57. The normalized spacial score (nSPS) is 21.2. The van der Waals surface area contributed by atoms with E-state index >= 15 is 0 Å². The van der Waals surface area contributed by atoms with Crippen molar-refractivity contribution in [2.24, 2.45) is 11.3 Å². The first-order valence-electron chi connectivity index (χ1n) is 26.5. The summed E-state index contributed by atoms with van der Waals surface area (Å²) in [7, 11) is -2.93. The van der Waals surface area contributed by atoms with Crippen LogP contribution in [-0.4, -0.2) is 102 Å². The van der Waals surface area contributed by atoms with Crippen LogP contribution >= 0.6 is 0 Å². The third-order valence-corrected chi connectivity index (χ3v) is 17.9. The summed E-state index contributed by atoms with van der Waals surface area (Å²) >= 11 is 0. The smallest absolute Gasteiger partial charge is 0.293 e. The van der Waals surface area contributed by atoms with Crippen LogP contribution < -0.4 is 24.4 Å². The van der Waals surface area contributed by atoms with Crippen molar-refractivity contribution in [1.29, 1.82) is 0 Å². The quantitative estimate of drug-likeness (QED) is 0.0407. The molecular weight excluding hydrogens is 981 g/mol. The molecule has 2 aliphatic heterocycles. The molecule has 2 aromatic heterocycles. The Balaban J connectivity index is 0.831. The number of piperazine rings is 1. The number of piperidine rings is 1. The summed E-state index contributed by atoms with van der Waals surface area (Å²) in [5.41, 5.74) is 5.42. The number of nitro benzene ring substituents is 1. The second-order valence-corrected chi connectivity index (χ2v) is 23.7. The number of nitrogens with one attached hydrogen (secondary N) is 3. The number of amides is 1. The molecule has 2 saturated heterocycles. The number of pyridine rings is 1. The minimum Gasteiger partial charge on any atom is -0.495 e. The molecule has 1 amide bonds. The number of nitrogens with zero attached hydrogens (tertiary/aromatic N) is 5. The van der Waals surface area contributed by atoms with E-state index in [1.165, 1.54) is 35.0 Å². The molecule has 1 spiro atoms. The van der Waals surface area contributed by atoms with Crippen LogP contribution in [0.1, 0.15) is 117 Å². The number of aromatic nitrogens is 2. The highest BCUT2D eigenvalue weighted by atomic mass is 32.2. The van der Waals surface area contributed by atoms with Crippen molar-refractivity contribution in [3.63, 3.8) is 0 Å². The fourth-order valence-corrected chi connectivity index (χ4v) is 13.1. The van der Waals surface area contributed by atoms with Crippen LogP contribution in [0.2, 0.25) is 0 Å². The Bertz CT molecular complexity index is 3270. The summed E-state index contributed by atoms with van der Waals surface area (Å²) < 4.78 is 41.9. The zero-order valence-corrected chi connectivity index (χ0v) is 44.6. The van der Waals surface area contributed by atoms with Crippen LogP contribution in [0.5, 0.6) is 17.2 Å². The number of nitro groups is 1. The van der Waals surface area contributed by atoms with Gasteiger partial charge in [-0.05, 0) is 141 Å². The maximum Gasteiger partial charge on any atom is 0.293 e. The van der Waals surface area contributed by atoms with Crippen LogP contribution in [0.3, 0.4) is 0 Å². The number of anilines is 2. The van der Waals surface area contributed by atoms with E-state index in [2.05, 4.69) is 90.9 Å². The van der Waals surface area contributed by atoms with Gasteiger partial charge in [0.25, 0.3) is 21.6 Å². The number of hydrogen-bond acceptors (Lipinski definition) is 13. The maximum absolute atomic E-state index is 14.1. The van der Waals surface area contributed by atoms with E-state index in [0.717, 1.165) is 106 Å². The Labute approximate surface area is 445 Å². The summed E-state index contributed by atoms with van der Waals surface area (Å²) in [5, 5.41) is 26.5. The number of aromatic amines is 1. The van der Waals surface area contributed by atoms with Gasteiger partial charge in [0.15, 0.2) is 0 Å². The van der Waals surface area contributed by atoms with Crippen LogP contribution in [0.25, 0.3) is 11.0 Å². The summed E-state index contributed by atoms with van der Waals surface area (Å²) in [4.78, 5) is 40.5. The average Bonchev–Trinajstić information content (AvgIpc) is 3.89. The molecule has 4 N–H and O–H groups in total. The number of hydrogen-bond donors (Lipinski definition) is 4. The zero-order chi connectivity index (χ0) is 53.4. The number of carbonyl (C=O) groups is 1. The van der Waals surface area contributed by atoms with Crippen LogP contribution in [0, 0.1) is 33.8 Å². The number of carbonyl (C=O) groups excluding carboxylic acids is 1. The molecular formula is C59H68N8O8S. The van der Waals surface area contributed by atoms with Crippen LogP contribution in [0.4, 0.5) is 17.1 Å². The largest absolute Gasteiger partial charge is 0.495 e. The lowest BCUT2D eigenvalue weighted by Gasteiger charge is -2.58. The average molecular weight is 1050 g/mol. The number of sulfonamides is 1. The number of terminal acetylenes is 1. The second kappa shape index (κ2) is 21.6. The standard InChI is InChI=1S/C59H68N8O8S/c1-6-42-12-11-41(29-54(42)74-5)37-64-27-28-66(53(38-64)49-10-8-7-9-48(49)39(2)3)45-33-59(34-45)22-25-65(26-23-59)44-13-15-50(55(31-44)75-46-30-43-19-24-60-56(43)62-36-46)57(68)63-76(72,73)47-14-16-51(52(32-47)67(70)71)61-35-40-17-20-58(4,69)21-18-40/h1,7-16,19,24,29-32,36,39-40,45,53,61,69H,17-18,20-23,25-28,33-35,37-38H2,2-5H3,(H,60,62)(H,63,68). The number of rotatable bonds is 16. The molecule has 4 aromatic carbocycles. The number of aliphatic hydroxyl groups is 1. The van der Waals surface area contributed by atoms with E-state index in [4.69, 9.17) is 15.9 Å². The Morgan fingerprint density at radius 1 is 0.974 bits per heavy atom. The molecule has 10 rings (SSSR count). The van der Waals surface area contributed by atoms with Gasteiger partial charge in [-0.2, -0.15) is 0 Å². The highest BCUT2D eigenvalue weighted by Crippen LogP contribution is 2.53. The van der Waals surface area contributed by atoms with Gasteiger partial charge in [0, 0.05) is 87.3 Å². The third-order valence-electron chi connectivity index (χ3n) is 16.6. The lowest BCUT2D eigenvalue weighted by molar-refractivity contribution is -0.384. The highest BCUT2D eigenvalue weighted by Gasteiger charge is 2.50. The summed E-state index contributed by atoms with van der Waals surface area (Å²) in [6.45, 7) is 12.0. The minimum absolute atomic E-state index is 0.0359. The SMILES string of the molecule is C#Cc1ccc(CN2CCN(C3CC4(CCN(c5ccc(C(=O)NS(=O)(=O)c6ccc(NCC7CCC(C)(O)CC7)c([N+](=O)[O-])c6)c(Oc6cnc7[nH]ccc7c6)c5)CC4)C3)C(c3ccccc3C(C)C)C2)cc1OC. The van der Waals surface area contributed by atoms with E-state index in [9.17, 15) is 28.4 Å². The molecule has 2 aliphatic carbocycles. The lowest BCUT2D eigenvalue weighted by Crippen LogP contribution is -2.60. The van der Waals surface area contributed by atoms with Crippen molar-refractivity contribution in [3.8, 4) is 29.6 Å². The van der Waals surface area contributed by atoms with E-state index in [1.54, 1.807) is 31.5 Å². The van der Waals surface area contributed by atoms with Gasteiger partial charge in [0.2, 0.25) is 0 Å². The van der Waals surface area contributed by atoms with Gasteiger partial charge in [0.05, 0.1) is 39.9 Å². The third kappa shape index (κ3) is 11.3. The summed E-state index contributed by atoms with van der Waals surface area (Å²) in [6.07, 6.45) is 16.1. The molecule has 4 heterocycles. The van der Waals surface area contributed by atoms with Crippen molar-refractivity contribution in [2.45, 2.75) is 107 Å². The van der Waals surface area contributed by atoms with Crippen molar-refractivity contribution >= 4 is 44.0 Å². The Morgan fingerprint density at radius 2 is 1.75 bits per heavy atom. The molecule has 2 saturated carbocycles. The van der Waals surface area contributed by atoms with Gasteiger partial charge in [-0.25, -0.2) is 18.1 Å². The molecule has 0 radical (unpaired) electrons. The van der Waals surface area contributed by atoms with E-state index < -0.39 is 37.0 Å². The van der Waals surface area contributed by atoms with Gasteiger partial charge >= 0.3 is 0 Å². The van der Waals surface area contributed by atoms with Crippen molar-refractivity contribution in [1.82, 2.24) is 24.5 Å². The highest BCUT2D eigenvalue weighted by molar-refractivity contribution is 7.90. The molecule has 16 nitrogen and oxygen atoms in total. The minimum atomic E-state index is -4.60. The number of benzene rings is 4. The van der Waals surface area contributed by atoms with Crippen molar-refractivity contribution < 1.29 is 32.7 Å². The van der Waals surface area contributed by atoms with E-state index in [-0.39, 0.29) is 34.4 Å². The maximum atomic E-state index is 14.1. The number of methoxy groups -OCH3 is 1. The molecule has 1 atom stereocenters. The second-order valence-electron chi connectivity index (χ2n) is 22.1. The molecule has 1 unspecified atom stereocenters. The fourth-order valence-electron chi connectivity index (χ4n) is 12.1. The fraction of sp³-hybridized carbons (Fsp3) is 0.424. The molecule has 4 aliphatic rings. The van der Waals surface area contributed by atoms with Gasteiger partial charge in [0.1, 0.15) is 28.6 Å². The number of ether oxygens (including phenoxy) is 2. The Kier molecular flexibility index (Phi) is 14.9. The van der Waals surface area contributed by atoms with Crippen molar-refractivity contribution in [3.05, 3.63) is 141 Å². The predicted octanol–water partition coefficient (Wildman–Crippen LogP) is 10.2. The summed E-state index contributed by atoms with van der Waals surface area (Å²) in [6, 6.07) is 28.2. The molecule has 4 fully saturated rings. The van der Waals surface area contributed by atoms with Gasteiger partial charge in [-0.15, -0.1) is 6.42 Å². The zero-order valence-electron chi connectivity index (χ0n) is 43.8. The van der Waals surface area contributed by atoms with Gasteiger partial charge < -0.3 is 29.8 Å². The number of fused-ring (bicyclic) bond motifs is 1.